The van der Waals surface area contributed by atoms with E-state index in [-0.39, 0.29) is 24.5 Å². The van der Waals surface area contributed by atoms with Crippen molar-refractivity contribution in [2.45, 2.75) is 6.42 Å². The summed E-state index contributed by atoms with van der Waals surface area (Å²) in [5.74, 6) is -1.08. The molecule has 0 aromatic heterocycles. The zero-order chi connectivity index (χ0) is 13.6. The Morgan fingerprint density at radius 2 is 1.83 bits per heavy atom. The van der Waals surface area contributed by atoms with Crippen LogP contribution in [0.4, 0.5) is 0 Å². The number of hydrogen-bond acceptors (Lipinski definition) is 4. The number of carboxylic acids is 1. The van der Waals surface area contributed by atoms with Gasteiger partial charge in [-0.1, -0.05) is 15.9 Å². The maximum Gasteiger partial charge on any atom is 0.304 e. The van der Waals surface area contributed by atoms with Crippen molar-refractivity contribution < 1.29 is 23.1 Å². The summed E-state index contributed by atoms with van der Waals surface area (Å²) >= 11 is 3.27. The first kappa shape index (κ1) is 15.0. The third-order valence-electron chi connectivity index (χ3n) is 2.10. The minimum Gasteiger partial charge on any atom is -0.493 e. The SMILES string of the molecule is O=C(O)CCS(=O)(=O)CCOc1ccc(Br)cc1. The van der Waals surface area contributed by atoms with E-state index in [2.05, 4.69) is 15.9 Å². The molecule has 0 bridgehead atoms. The lowest BCUT2D eigenvalue weighted by atomic mass is 10.3. The van der Waals surface area contributed by atoms with Crippen molar-refractivity contribution in [3.63, 3.8) is 0 Å². The van der Waals surface area contributed by atoms with Crippen molar-refractivity contribution in [1.29, 1.82) is 0 Å². The van der Waals surface area contributed by atoms with E-state index in [0.717, 1.165) is 4.47 Å². The van der Waals surface area contributed by atoms with Gasteiger partial charge in [-0.15, -0.1) is 0 Å². The smallest absolute Gasteiger partial charge is 0.304 e. The highest BCUT2D eigenvalue weighted by molar-refractivity contribution is 9.10. The second-order valence-corrected chi connectivity index (χ2v) is 6.82. The van der Waals surface area contributed by atoms with E-state index in [1.165, 1.54) is 0 Å². The van der Waals surface area contributed by atoms with E-state index in [4.69, 9.17) is 9.84 Å². The molecule has 1 aromatic carbocycles. The van der Waals surface area contributed by atoms with Crippen LogP contribution < -0.4 is 4.74 Å². The second kappa shape index (κ2) is 6.75. The van der Waals surface area contributed by atoms with Gasteiger partial charge in [0.2, 0.25) is 0 Å². The van der Waals surface area contributed by atoms with Crippen molar-refractivity contribution >= 4 is 31.7 Å². The Hall–Kier alpha value is -1.08. The number of carbonyl (C=O) groups is 1. The monoisotopic (exact) mass is 336 g/mol. The van der Waals surface area contributed by atoms with Crippen LogP contribution >= 0.6 is 15.9 Å². The lowest BCUT2D eigenvalue weighted by Gasteiger charge is -2.06. The summed E-state index contributed by atoms with van der Waals surface area (Å²) < 4.78 is 29.0. The molecule has 0 aliphatic carbocycles. The Bertz CT molecular complexity index is 495. The molecule has 0 aliphatic rings. The molecule has 0 heterocycles. The number of aliphatic carboxylic acids is 1. The van der Waals surface area contributed by atoms with Crippen LogP contribution in [-0.2, 0) is 14.6 Å². The van der Waals surface area contributed by atoms with Crippen LogP contribution in [0, 0.1) is 0 Å². The minimum atomic E-state index is -3.37. The molecule has 5 nitrogen and oxygen atoms in total. The Kier molecular flexibility index (Phi) is 5.61. The first-order valence-electron chi connectivity index (χ1n) is 5.20. The van der Waals surface area contributed by atoms with Crippen LogP contribution in [0.15, 0.2) is 28.7 Å². The van der Waals surface area contributed by atoms with Crippen molar-refractivity contribution in [1.82, 2.24) is 0 Å². The number of rotatable bonds is 7. The van der Waals surface area contributed by atoms with E-state index < -0.39 is 15.8 Å². The molecule has 0 radical (unpaired) electrons. The first-order valence-corrected chi connectivity index (χ1v) is 7.81. The largest absolute Gasteiger partial charge is 0.493 e. The van der Waals surface area contributed by atoms with Crippen molar-refractivity contribution in [3.05, 3.63) is 28.7 Å². The molecule has 0 saturated carbocycles. The predicted molar refractivity (Wildman–Crippen MR) is 70.5 cm³/mol. The molecule has 1 rings (SSSR count). The minimum absolute atomic E-state index is 0.0174. The van der Waals surface area contributed by atoms with Gasteiger partial charge in [0.25, 0.3) is 0 Å². The highest BCUT2D eigenvalue weighted by atomic mass is 79.9. The van der Waals surface area contributed by atoms with Gasteiger partial charge in [0.1, 0.15) is 12.4 Å². The standard InChI is InChI=1S/C11H13BrO5S/c12-9-1-3-10(4-2-9)17-6-8-18(15,16)7-5-11(13)14/h1-4H,5-8H2,(H,13,14). The van der Waals surface area contributed by atoms with Gasteiger partial charge in [0.15, 0.2) is 9.84 Å². The maximum atomic E-state index is 11.4. The third-order valence-corrected chi connectivity index (χ3v) is 4.25. The molecule has 0 unspecified atom stereocenters. The van der Waals surface area contributed by atoms with Crippen LogP contribution in [0.25, 0.3) is 0 Å². The van der Waals surface area contributed by atoms with Gasteiger partial charge >= 0.3 is 5.97 Å². The number of carboxylic acid groups (broad SMARTS) is 1. The number of benzene rings is 1. The van der Waals surface area contributed by atoms with Crippen LogP contribution in [0.5, 0.6) is 5.75 Å². The van der Waals surface area contributed by atoms with Crippen molar-refractivity contribution in [3.8, 4) is 5.75 Å². The number of hydrogen-bond donors (Lipinski definition) is 1. The average Bonchev–Trinajstić information content (AvgIpc) is 2.29. The predicted octanol–water partition coefficient (Wildman–Crippen LogP) is 1.72. The maximum absolute atomic E-state index is 11.4. The molecule has 7 heteroatoms. The van der Waals surface area contributed by atoms with Gasteiger partial charge in [0, 0.05) is 4.47 Å². The van der Waals surface area contributed by atoms with Gasteiger partial charge < -0.3 is 9.84 Å². The summed E-state index contributed by atoms with van der Waals surface area (Å²) in [6.07, 6.45) is -0.374. The van der Waals surface area contributed by atoms with Crippen LogP contribution in [0.3, 0.4) is 0 Å². The molecule has 1 aromatic rings. The molecule has 0 saturated heterocycles. The molecule has 18 heavy (non-hydrogen) atoms. The average molecular weight is 337 g/mol. The van der Waals surface area contributed by atoms with E-state index in [0.29, 0.717) is 5.75 Å². The molecule has 100 valence electrons. The van der Waals surface area contributed by atoms with Crippen molar-refractivity contribution in [2.75, 3.05) is 18.1 Å². The fourth-order valence-electron chi connectivity index (χ4n) is 1.16. The second-order valence-electron chi connectivity index (χ2n) is 3.60. The number of halogens is 1. The molecule has 0 spiro atoms. The summed E-state index contributed by atoms with van der Waals surface area (Å²) in [6.45, 7) is 0.0174. The van der Waals surface area contributed by atoms with Gasteiger partial charge in [-0.2, -0.15) is 0 Å². The fourth-order valence-corrected chi connectivity index (χ4v) is 2.45. The first-order chi connectivity index (χ1) is 8.39. The number of ether oxygens (including phenoxy) is 1. The molecular weight excluding hydrogens is 324 g/mol. The fraction of sp³-hybridized carbons (Fsp3) is 0.364. The lowest BCUT2D eigenvalue weighted by Crippen LogP contribution is -2.18. The zero-order valence-corrected chi connectivity index (χ0v) is 11.9. The van der Waals surface area contributed by atoms with Gasteiger partial charge in [-0.25, -0.2) is 8.42 Å². The Balaban J connectivity index is 2.37. The summed E-state index contributed by atoms with van der Waals surface area (Å²) in [6, 6.07) is 7.00. The van der Waals surface area contributed by atoms with Crippen LogP contribution in [0.2, 0.25) is 0 Å². The highest BCUT2D eigenvalue weighted by Crippen LogP contribution is 2.16. The Morgan fingerprint density at radius 3 is 2.39 bits per heavy atom. The summed E-state index contributed by atoms with van der Waals surface area (Å²) in [4.78, 5) is 10.3. The summed E-state index contributed by atoms with van der Waals surface area (Å²) in [5, 5.41) is 8.41. The molecule has 1 N–H and O–H groups in total. The number of sulfone groups is 1. The zero-order valence-electron chi connectivity index (χ0n) is 9.50. The summed E-state index contributed by atoms with van der Waals surface area (Å²) in [7, 11) is -3.37. The molecule has 0 atom stereocenters. The highest BCUT2D eigenvalue weighted by Gasteiger charge is 2.13. The Morgan fingerprint density at radius 1 is 1.22 bits per heavy atom. The quantitative estimate of drug-likeness (QED) is 0.819. The Labute approximate surface area is 114 Å². The van der Waals surface area contributed by atoms with Gasteiger partial charge in [-0.05, 0) is 24.3 Å². The van der Waals surface area contributed by atoms with Gasteiger partial charge in [-0.3, -0.25) is 4.79 Å². The van der Waals surface area contributed by atoms with Crippen LogP contribution in [0.1, 0.15) is 6.42 Å². The van der Waals surface area contributed by atoms with E-state index in [1.807, 2.05) is 0 Å². The molecular formula is C11H13BrO5S. The van der Waals surface area contributed by atoms with E-state index >= 15 is 0 Å². The molecule has 0 amide bonds. The lowest BCUT2D eigenvalue weighted by molar-refractivity contribution is -0.136. The topological polar surface area (TPSA) is 80.7 Å². The summed E-state index contributed by atoms with van der Waals surface area (Å²) in [5.41, 5.74) is 0. The normalized spacial score (nSPS) is 11.2. The third kappa shape index (κ3) is 6.02. The van der Waals surface area contributed by atoms with E-state index in [9.17, 15) is 13.2 Å². The van der Waals surface area contributed by atoms with Gasteiger partial charge in [0.05, 0.1) is 17.9 Å². The van der Waals surface area contributed by atoms with E-state index in [1.54, 1.807) is 24.3 Å². The molecule has 0 fully saturated rings. The molecule has 0 aliphatic heterocycles. The van der Waals surface area contributed by atoms with Crippen LogP contribution in [-0.4, -0.2) is 37.6 Å². The van der Waals surface area contributed by atoms with Crippen molar-refractivity contribution in [2.24, 2.45) is 0 Å².